The van der Waals surface area contributed by atoms with Crippen LogP contribution in [0.25, 0.3) is 11.1 Å². The van der Waals surface area contributed by atoms with Crippen LogP contribution in [-0.2, 0) is 20.7 Å². The van der Waals surface area contributed by atoms with Crippen LogP contribution in [0, 0.1) is 17.8 Å². The van der Waals surface area contributed by atoms with Gasteiger partial charge in [0.2, 0.25) is 17.7 Å². The molecule has 14 nitrogen and oxygen atoms in total. The van der Waals surface area contributed by atoms with Crippen molar-refractivity contribution in [2.75, 3.05) is 63.8 Å². The van der Waals surface area contributed by atoms with E-state index in [1.807, 2.05) is 69.3 Å². The minimum absolute atomic E-state index is 0.0950. The summed E-state index contributed by atoms with van der Waals surface area (Å²) in [5.74, 6) is 1.17. The van der Waals surface area contributed by atoms with Crippen molar-refractivity contribution in [3.8, 4) is 17.0 Å². The molecular weight excluding hydrogens is 699 g/mol. The molecule has 0 spiro atoms. The summed E-state index contributed by atoms with van der Waals surface area (Å²) in [6.45, 7) is 9.96. The number of ether oxygens (including phenoxy) is 2. The molecule has 14 heteroatoms. The number of nitrogens with one attached hydrogen (secondary N) is 2. The van der Waals surface area contributed by atoms with Crippen LogP contribution < -0.4 is 20.3 Å². The van der Waals surface area contributed by atoms with Crippen LogP contribution in [-0.4, -0.2) is 97.6 Å². The van der Waals surface area contributed by atoms with E-state index in [1.165, 1.54) is 0 Å². The van der Waals surface area contributed by atoms with Gasteiger partial charge in [0.15, 0.2) is 12.5 Å². The van der Waals surface area contributed by atoms with Crippen LogP contribution in [0.1, 0.15) is 64.0 Å². The van der Waals surface area contributed by atoms with E-state index in [2.05, 4.69) is 47.7 Å². The Bertz CT molecular complexity index is 1860. The third-order valence-electron chi connectivity index (χ3n) is 10.4. The van der Waals surface area contributed by atoms with Gasteiger partial charge in [0.1, 0.15) is 11.4 Å². The number of alkyl carbamates (subject to hydrolysis) is 1. The lowest BCUT2D eigenvalue weighted by Gasteiger charge is -2.32. The fourth-order valence-corrected chi connectivity index (χ4v) is 7.20. The average Bonchev–Trinajstić information content (AvgIpc) is 3.72. The fourth-order valence-electron chi connectivity index (χ4n) is 7.20. The molecule has 1 atom stereocenters. The first-order valence-corrected chi connectivity index (χ1v) is 19.2. The van der Waals surface area contributed by atoms with Gasteiger partial charge < -0.3 is 29.9 Å². The quantitative estimate of drug-likeness (QED) is 0.208. The molecule has 1 aromatic heterocycles. The summed E-state index contributed by atoms with van der Waals surface area (Å²) in [6.07, 6.45) is 5.00. The monoisotopic (exact) mass is 751 g/mol. The van der Waals surface area contributed by atoms with Crippen molar-refractivity contribution < 1.29 is 23.9 Å². The van der Waals surface area contributed by atoms with Crippen molar-refractivity contribution in [2.24, 2.45) is 33.0 Å². The van der Waals surface area contributed by atoms with Crippen molar-refractivity contribution >= 4 is 35.3 Å². The maximum atomic E-state index is 13.9. The van der Waals surface area contributed by atoms with Crippen LogP contribution >= 0.6 is 0 Å². The van der Waals surface area contributed by atoms with Crippen LogP contribution in [0.15, 0.2) is 69.9 Å². The predicted octanol–water partition coefficient (Wildman–Crippen LogP) is 6.16. The van der Waals surface area contributed by atoms with Crippen molar-refractivity contribution in [2.45, 2.75) is 64.9 Å². The molecule has 3 heterocycles. The molecule has 3 aliphatic rings. The van der Waals surface area contributed by atoms with Crippen molar-refractivity contribution in [1.82, 2.24) is 20.2 Å². The Morgan fingerprint density at radius 1 is 0.927 bits per heavy atom. The average molecular weight is 752 g/mol. The van der Waals surface area contributed by atoms with Gasteiger partial charge in [-0.2, -0.15) is 10.1 Å². The lowest BCUT2D eigenvalue weighted by Crippen LogP contribution is -2.45. The number of benzene rings is 2. The second-order valence-electron chi connectivity index (χ2n) is 15.7. The maximum Gasteiger partial charge on any atom is 0.407 e. The number of carbonyl (C=O) groups is 3. The lowest BCUT2D eigenvalue weighted by atomic mass is 9.77. The zero-order valence-electron chi connectivity index (χ0n) is 32.6. The number of amides is 2. The third-order valence-corrected chi connectivity index (χ3v) is 10.4. The molecule has 2 N–H and O–H groups in total. The van der Waals surface area contributed by atoms with Gasteiger partial charge in [-0.05, 0) is 101 Å². The zero-order chi connectivity index (χ0) is 39.0. The van der Waals surface area contributed by atoms with E-state index in [-0.39, 0.29) is 29.9 Å². The number of aromatic nitrogens is 2. The number of piperazine rings is 1. The van der Waals surface area contributed by atoms with E-state index >= 15 is 0 Å². The number of Topliss-reactive ketones (excluding diaryl/α,β-unsaturated/α-hetero) is 1. The van der Waals surface area contributed by atoms with Gasteiger partial charge in [-0.1, -0.05) is 24.3 Å². The second kappa shape index (κ2) is 17.9. The predicted molar refractivity (Wildman–Crippen MR) is 212 cm³/mol. The number of rotatable bonds is 13. The number of methoxy groups -OCH3 is 1. The van der Waals surface area contributed by atoms with Gasteiger partial charge in [-0.3, -0.25) is 9.59 Å². The Kier molecular flexibility index (Phi) is 12.9. The molecule has 0 unspecified atom stereocenters. The van der Waals surface area contributed by atoms with E-state index in [0.29, 0.717) is 43.0 Å². The number of nitrogens with zero attached hydrogens (tertiary/aromatic N) is 7. The first-order valence-electron chi connectivity index (χ1n) is 19.2. The first-order chi connectivity index (χ1) is 26.4. The van der Waals surface area contributed by atoms with E-state index < -0.39 is 17.6 Å². The number of aliphatic imine (C=N–C) groups is 1. The number of hydrogen-bond acceptors (Lipinski definition) is 12. The van der Waals surface area contributed by atoms with Crippen LogP contribution in [0.3, 0.4) is 0 Å². The van der Waals surface area contributed by atoms with Crippen molar-refractivity contribution in [3.63, 3.8) is 0 Å². The molecule has 2 aliphatic heterocycles. The second-order valence-corrected chi connectivity index (χ2v) is 15.7. The summed E-state index contributed by atoms with van der Waals surface area (Å²) in [5.41, 5.74) is 3.50. The van der Waals surface area contributed by atoms with Gasteiger partial charge in [0, 0.05) is 68.4 Å². The molecule has 292 valence electrons. The largest absolute Gasteiger partial charge is 0.480 e. The number of hydrogen-bond donors (Lipinski definition) is 2. The summed E-state index contributed by atoms with van der Waals surface area (Å²) in [7, 11) is 3.73. The van der Waals surface area contributed by atoms with Gasteiger partial charge in [0.25, 0.3) is 0 Å². The number of carbonyl (C=O) groups excluding carboxylic acids is 3. The van der Waals surface area contributed by atoms with Crippen molar-refractivity contribution in [1.29, 1.82) is 0 Å². The highest BCUT2D eigenvalue weighted by molar-refractivity contribution is 6.01. The Labute approximate surface area is 323 Å². The summed E-state index contributed by atoms with van der Waals surface area (Å²) in [5, 5.41) is 13.9. The Balaban J connectivity index is 1.12. The van der Waals surface area contributed by atoms with Gasteiger partial charge >= 0.3 is 6.09 Å². The zero-order valence-corrected chi connectivity index (χ0v) is 32.6. The van der Waals surface area contributed by atoms with Gasteiger partial charge in [-0.25, -0.2) is 14.8 Å². The molecule has 55 heavy (non-hydrogen) atoms. The van der Waals surface area contributed by atoms with Crippen LogP contribution in [0.2, 0.25) is 0 Å². The van der Waals surface area contributed by atoms with Gasteiger partial charge in [0.05, 0.1) is 12.7 Å². The molecule has 3 aromatic rings. The maximum absolute atomic E-state index is 13.9. The van der Waals surface area contributed by atoms with Crippen LogP contribution in [0.4, 0.5) is 16.4 Å². The molecule has 0 radical (unpaired) electrons. The number of ketones is 1. The summed E-state index contributed by atoms with van der Waals surface area (Å²) < 4.78 is 11.1. The molecule has 1 saturated heterocycles. The lowest BCUT2D eigenvalue weighted by molar-refractivity contribution is -0.129. The SMILES string of the molecule is COc1nc(N2CCN(C)CC2)ncc1-c1ccc(C[C@H](CC(=O)C2CCC(CNC(=O)OC(C)(C)C)CC2)C(=O)Nc2ccc(C3=NCN=N3)cc2)cc1. The van der Waals surface area contributed by atoms with E-state index in [0.717, 1.165) is 74.1 Å². The highest BCUT2D eigenvalue weighted by Crippen LogP contribution is 2.33. The molecule has 2 fully saturated rings. The van der Waals surface area contributed by atoms with Gasteiger partial charge in [-0.15, -0.1) is 5.11 Å². The van der Waals surface area contributed by atoms with E-state index in [1.54, 1.807) is 13.3 Å². The molecule has 1 saturated carbocycles. The third kappa shape index (κ3) is 10.9. The summed E-state index contributed by atoms with van der Waals surface area (Å²) in [4.78, 5) is 58.0. The molecule has 0 bridgehead atoms. The molecule has 2 aromatic carbocycles. The minimum Gasteiger partial charge on any atom is -0.480 e. The number of azo groups is 1. The number of anilines is 2. The topological polar surface area (TPSA) is 163 Å². The summed E-state index contributed by atoms with van der Waals surface area (Å²) in [6, 6.07) is 15.3. The Morgan fingerprint density at radius 3 is 2.25 bits per heavy atom. The normalized spacial score (nSPS) is 19.4. The molecule has 6 rings (SSSR count). The highest BCUT2D eigenvalue weighted by Gasteiger charge is 2.31. The Hall–Kier alpha value is -5.24. The number of amidine groups is 1. The van der Waals surface area contributed by atoms with E-state index in [9.17, 15) is 14.4 Å². The van der Waals surface area contributed by atoms with Crippen LogP contribution in [0.5, 0.6) is 5.88 Å². The molecular formula is C41H53N9O5. The fraction of sp³-hybridized carbons (Fsp3) is 0.512. The minimum atomic E-state index is -0.585. The molecule has 1 aliphatic carbocycles. The smallest absolute Gasteiger partial charge is 0.407 e. The van der Waals surface area contributed by atoms with E-state index in [4.69, 9.17) is 14.5 Å². The summed E-state index contributed by atoms with van der Waals surface area (Å²) >= 11 is 0. The first kappa shape index (κ1) is 39.5. The standard InChI is InChI=1S/C41H53N9O5/c1-41(2,3)55-40(53)43-24-28-8-12-30(13-9-28)35(51)23-32(37(52)46-33-16-14-31(15-17-33)36-44-26-45-48-36)22-27-6-10-29(11-7-27)34-25-42-39(47-38(34)54-5)50-20-18-49(4)19-21-50/h6-7,10-11,14-17,25,28,30,32H,8-9,12-13,18-24,26H2,1-5H3,(H,43,53)(H,46,52)/t28?,30?,32-/m1/s1. The molecule has 2 amide bonds. The van der Waals surface area contributed by atoms with Crippen molar-refractivity contribution in [3.05, 3.63) is 65.9 Å². The highest BCUT2D eigenvalue weighted by atomic mass is 16.6. The number of likely N-dealkylation sites (N-methyl/N-ethyl adjacent to an activating group) is 1. The Morgan fingerprint density at radius 2 is 1.62 bits per heavy atom.